The Morgan fingerprint density at radius 2 is 1.71 bits per heavy atom. The fourth-order valence-corrected chi connectivity index (χ4v) is 7.25. The highest BCUT2D eigenvalue weighted by Crippen LogP contribution is 2.41. The lowest BCUT2D eigenvalue weighted by Crippen LogP contribution is -2.50. The first-order valence-electron chi connectivity index (χ1n) is 12.5. The molecule has 204 valence electrons. The Morgan fingerprint density at radius 3 is 2.26 bits per heavy atom. The number of ether oxygens (including phenoxy) is 2. The van der Waals surface area contributed by atoms with Crippen LogP contribution in [-0.4, -0.2) is 69.1 Å². The van der Waals surface area contributed by atoms with Gasteiger partial charge in [-0.25, -0.2) is 12.7 Å². The number of hydrazone groups is 1. The van der Waals surface area contributed by atoms with Gasteiger partial charge >= 0.3 is 0 Å². The second-order valence-electron chi connectivity index (χ2n) is 10.1. The highest BCUT2D eigenvalue weighted by molar-refractivity contribution is 7.89. The average molecular weight is 560 g/mol. The summed E-state index contributed by atoms with van der Waals surface area (Å²) in [6.45, 7) is 8.44. The zero-order valence-electron chi connectivity index (χ0n) is 22.1. The first-order valence-corrected chi connectivity index (χ1v) is 14.4. The zero-order chi connectivity index (χ0) is 27.7. The van der Waals surface area contributed by atoms with Crippen LogP contribution in [-0.2, 0) is 14.8 Å². The van der Waals surface area contributed by atoms with Gasteiger partial charge in [0.15, 0.2) is 11.5 Å². The summed E-state index contributed by atoms with van der Waals surface area (Å²) in [5.74, 6) is 1.20. The van der Waals surface area contributed by atoms with Crippen molar-refractivity contribution in [3.05, 3.63) is 71.3 Å². The van der Waals surface area contributed by atoms with E-state index in [-0.39, 0.29) is 6.04 Å². The number of rotatable bonds is 9. The molecule has 2 aliphatic heterocycles. The molecule has 2 unspecified atom stereocenters. The van der Waals surface area contributed by atoms with Gasteiger partial charge in [-0.15, -0.1) is 6.58 Å². The van der Waals surface area contributed by atoms with Crippen LogP contribution in [0.15, 0.2) is 60.2 Å². The Balaban J connectivity index is 1.55. The van der Waals surface area contributed by atoms with Crippen molar-refractivity contribution < 1.29 is 22.7 Å². The second kappa shape index (κ2) is 11.1. The van der Waals surface area contributed by atoms with Crippen molar-refractivity contribution in [2.45, 2.75) is 44.0 Å². The molecule has 2 aromatic rings. The van der Waals surface area contributed by atoms with Crippen LogP contribution < -0.4 is 9.47 Å². The predicted octanol–water partition coefficient (Wildman–Crippen LogP) is 4.69. The summed E-state index contributed by atoms with van der Waals surface area (Å²) in [4.78, 5) is 12.3. The number of sulfonamides is 1. The van der Waals surface area contributed by atoms with Gasteiger partial charge in [0.05, 0.1) is 26.0 Å². The van der Waals surface area contributed by atoms with Gasteiger partial charge in [0, 0.05) is 29.1 Å². The largest absolute Gasteiger partial charge is 0.493 e. The number of aldehydes is 1. The molecule has 10 heteroatoms. The van der Waals surface area contributed by atoms with Crippen molar-refractivity contribution >= 4 is 33.6 Å². The summed E-state index contributed by atoms with van der Waals surface area (Å²) < 4.78 is 39.4. The molecule has 8 nitrogen and oxygen atoms in total. The molecule has 0 N–H and O–H groups in total. The van der Waals surface area contributed by atoms with E-state index >= 15 is 0 Å². The molecule has 2 heterocycles. The van der Waals surface area contributed by atoms with E-state index in [1.807, 2.05) is 37.1 Å². The molecular weight excluding hydrogens is 526 g/mol. The molecule has 38 heavy (non-hydrogen) atoms. The summed E-state index contributed by atoms with van der Waals surface area (Å²) in [6.07, 6.45) is 3.49. The maximum atomic E-state index is 13.5. The van der Waals surface area contributed by atoms with Crippen molar-refractivity contribution in [2.75, 3.05) is 27.3 Å². The molecule has 1 fully saturated rings. The summed E-state index contributed by atoms with van der Waals surface area (Å²) in [6, 6.07) is 11.8. The third-order valence-electron chi connectivity index (χ3n) is 7.53. The summed E-state index contributed by atoms with van der Waals surface area (Å²) in [7, 11) is -0.514. The average Bonchev–Trinajstić information content (AvgIpc) is 3.19. The highest BCUT2D eigenvalue weighted by atomic mass is 35.5. The number of carbonyl (C=O) groups excluding carboxylic acids is 1. The number of methoxy groups -OCH3 is 2. The Labute approximate surface area is 229 Å². The van der Waals surface area contributed by atoms with Gasteiger partial charge < -0.3 is 14.3 Å². The van der Waals surface area contributed by atoms with Crippen molar-refractivity contribution in [2.24, 2.45) is 10.5 Å². The molecule has 1 saturated heterocycles. The molecule has 0 amide bonds. The Bertz CT molecular complexity index is 1320. The molecule has 0 radical (unpaired) electrons. The molecule has 0 aromatic heterocycles. The summed E-state index contributed by atoms with van der Waals surface area (Å²) in [5.41, 5.74) is 1.68. The lowest BCUT2D eigenvalue weighted by atomic mass is 9.78. The quantitative estimate of drug-likeness (QED) is 0.327. The van der Waals surface area contributed by atoms with Crippen LogP contribution in [0.1, 0.15) is 43.1 Å². The van der Waals surface area contributed by atoms with Gasteiger partial charge in [-0.05, 0) is 48.7 Å². The summed E-state index contributed by atoms with van der Waals surface area (Å²) in [5, 5.41) is 6.49. The van der Waals surface area contributed by atoms with Gasteiger partial charge in [0.1, 0.15) is 17.6 Å². The summed E-state index contributed by atoms with van der Waals surface area (Å²) >= 11 is 5.98. The number of benzene rings is 2. The molecule has 0 aliphatic carbocycles. The lowest BCUT2D eigenvalue weighted by molar-refractivity contribution is -0.115. The maximum Gasteiger partial charge on any atom is 0.224 e. The molecule has 2 aromatic carbocycles. The number of hydrogen-bond donors (Lipinski definition) is 0. The van der Waals surface area contributed by atoms with E-state index in [4.69, 9.17) is 26.2 Å². The number of halogens is 1. The van der Waals surface area contributed by atoms with Gasteiger partial charge in [0.25, 0.3) is 0 Å². The third kappa shape index (κ3) is 5.07. The van der Waals surface area contributed by atoms with Crippen molar-refractivity contribution in [1.82, 2.24) is 9.31 Å². The predicted molar refractivity (Wildman–Crippen MR) is 149 cm³/mol. The normalized spacial score (nSPS) is 21.0. The number of nitrogens with zero attached hydrogens (tertiary/aromatic N) is 3. The minimum atomic E-state index is -3.67. The van der Waals surface area contributed by atoms with E-state index in [1.54, 1.807) is 38.5 Å². The van der Waals surface area contributed by atoms with Crippen LogP contribution in [0.4, 0.5) is 0 Å². The van der Waals surface area contributed by atoms with Gasteiger partial charge in [-0.3, -0.25) is 5.01 Å². The zero-order valence-corrected chi connectivity index (χ0v) is 23.7. The van der Waals surface area contributed by atoms with Crippen LogP contribution in [0.2, 0.25) is 5.02 Å². The molecule has 0 bridgehead atoms. The van der Waals surface area contributed by atoms with Crippen LogP contribution in [0.3, 0.4) is 0 Å². The smallest absolute Gasteiger partial charge is 0.224 e. The van der Waals surface area contributed by atoms with Crippen molar-refractivity contribution in [3.63, 3.8) is 0 Å². The third-order valence-corrected chi connectivity index (χ3v) is 9.97. The van der Waals surface area contributed by atoms with E-state index in [0.717, 1.165) is 17.6 Å². The Kier molecular flexibility index (Phi) is 8.20. The molecular formula is C28H34ClN3O5S. The minimum Gasteiger partial charge on any atom is -0.493 e. The lowest BCUT2D eigenvalue weighted by Gasteiger charge is -2.39. The Morgan fingerprint density at radius 1 is 1.08 bits per heavy atom. The number of carbonyl (C=O) groups is 1. The van der Waals surface area contributed by atoms with Crippen LogP contribution in [0.25, 0.3) is 0 Å². The van der Waals surface area contributed by atoms with E-state index in [0.29, 0.717) is 48.0 Å². The Hall–Kier alpha value is -2.88. The first kappa shape index (κ1) is 28.1. The van der Waals surface area contributed by atoms with E-state index in [1.165, 1.54) is 10.4 Å². The number of piperidine rings is 1. The standard InChI is InChI=1S/C28H34ClN3O5S/c1-6-25(19-7-10-21(29)11-8-19)38(34,35)31-15-13-22(14-16-31)32-26(18-33)28(2,3)27(30-32)20-9-12-23(36-4)24(17-20)37-5/h6-12,17-18,22,25-26H,1,13-16H2,2-5H3. The minimum absolute atomic E-state index is 0.0775. The maximum absolute atomic E-state index is 13.5. The number of hydrogen-bond acceptors (Lipinski definition) is 7. The van der Waals surface area contributed by atoms with Crippen LogP contribution in [0, 0.1) is 5.41 Å². The van der Waals surface area contributed by atoms with Gasteiger partial charge in [0.2, 0.25) is 10.0 Å². The van der Waals surface area contributed by atoms with Crippen molar-refractivity contribution in [1.29, 1.82) is 0 Å². The first-order chi connectivity index (χ1) is 18.1. The van der Waals surface area contributed by atoms with Gasteiger partial charge in [-0.2, -0.15) is 5.10 Å². The SMILES string of the molecule is C=CC(c1ccc(Cl)cc1)S(=O)(=O)N1CCC(N2N=C(c3ccc(OC)c(OC)c3)C(C)(C)C2C=O)CC1. The fourth-order valence-electron chi connectivity index (χ4n) is 5.34. The van der Waals surface area contributed by atoms with Crippen LogP contribution >= 0.6 is 11.6 Å². The topological polar surface area (TPSA) is 88.5 Å². The fraction of sp³-hybridized carbons (Fsp3) is 0.429. The van der Waals surface area contributed by atoms with Crippen molar-refractivity contribution in [3.8, 4) is 11.5 Å². The van der Waals surface area contributed by atoms with Gasteiger partial charge in [-0.1, -0.05) is 43.7 Å². The second-order valence-corrected chi connectivity index (χ2v) is 12.6. The molecule has 2 aliphatic rings. The van der Waals surface area contributed by atoms with E-state index < -0.39 is 26.7 Å². The molecule has 2 atom stereocenters. The van der Waals surface area contributed by atoms with E-state index in [9.17, 15) is 13.2 Å². The van der Waals surface area contributed by atoms with Crippen LogP contribution in [0.5, 0.6) is 11.5 Å². The molecule has 4 rings (SSSR count). The molecule has 0 spiro atoms. The van der Waals surface area contributed by atoms with E-state index in [2.05, 4.69) is 6.58 Å². The molecule has 0 saturated carbocycles. The monoisotopic (exact) mass is 559 g/mol. The highest BCUT2D eigenvalue weighted by Gasteiger charge is 2.48.